The Balaban J connectivity index is 1.58. The molecule has 0 atom stereocenters. The van der Waals surface area contributed by atoms with E-state index in [0.29, 0.717) is 6.73 Å². The van der Waals surface area contributed by atoms with E-state index in [9.17, 15) is 0 Å². The maximum Gasteiger partial charge on any atom is 0.190 e. The lowest BCUT2D eigenvalue weighted by atomic mass is 9.89. The van der Waals surface area contributed by atoms with Gasteiger partial charge in [0.05, 0.1) is 0 Å². The van der Waals surface area contributed by atoms with Crippen molar-refractivity contribution in [2.45, 2.75) is 38.5 Å². The van der Waals surface area contributed by atoms with Crippen molar-refractivity contribution < 1.29 is 4.84 Å². The van der Waals surface area contributed by atoms with Crippen LogP contribution in [0.4, 0.5) is 0 Å². The highest BCUT2D eigenvalue weighted by Gasteiger charge is 2.23. The second-order valence-corrected chi connectivity index (χ2v) is 5.52. The van der Waals surface area contributed by atoms with Crippen molar-refractivity contribution in [1.29, 1.82) is 0 Å². The summed E-state index contributed by atoms with van der Waals surface area (Å²) in [6.07, 6.45) is 11.4. The molecule has 1 aliphatic heterocycles. The molecule has 1 saturated carbocycles. The summed E-state index contributed by atoms with van der Waals surface area (Å²) in [6, 6.07) is 4.08. The first-order chi connectivity index (χ1) is 9.42. The Bertz CT molecular complexity index is 426. The second kappa shape index (κ2) is 6.04. The van der Waals surface area contributed by atoms with E-state index in [-0.39, 0.29) is 0 Å². The molecular formula is C15H21N3O. The standard InChI is InChI=1S/C15H21N3O/c1-2-4-14(5-3-1)11-18-12-19-17-15(18)10-13-6-8-16-9-7-13/h6-9,14H,1-5,10-12H2. The number of amidine groups is 1. The largest absolute Gasteiger partial charge is 0.372 e. The van der Waals surface area contributed by atoms with Gasteiger partial charge >= 0.3 is 0 Å². The zero-order chi connectivity index (χ0) is 12.9. The average molecular weight is 259 g/mol. The van der Waals surface area contributed by atoms with Crippen LogP contribution in [-0.2, 0) is 11.3 Å². The van der Waals surface area contributed by atoms with Crippen LogP contribution in [0.25, 0.3) is 0 Å². The zero-order valence-electron chi connectivity index (χ0n) is 11.3. The first-order valence-electron chi connectivity index (χ1n) is 7.24. The van der Waals surface area contributed by atoms with Crippen molar-refractivity contribution in [2.24, 2.45) is 11.1 Å². The average Bonchev–Trinajstić information content (AvgIpc) is 2.88. The Morgan fingerprint density at radius 1 is 1.16 bits per heavy atom. The van der Waals surface area contributed by atoms with Crippen molar-refractivity contribution in [3.8, 4) is 0 Å². The molecule has 2 heterocycles. The van der Waals surface area contributed by atoms with Crippen LogP contribution < -0.4 is 0 Å². The van der Waals surface area contributed by atoms with Crippen molar-refractivity contribution in [3.05, 3.63) is 30.1 Å². The molecule has 102 valence electrons. The van der Waals surface area contributed by atoms with Crippen LogP contribution in [0.5, 0.6) is 0 Å². The topological polar surface area (TPSA) is 37.7 Å². The fraction of sp³-hybridized carbons (Fsp3) is 0.600. The number of oxime groups is 1. The van der Waals surface area contributed by atoms with Gasteiger partial charge in [0, 0.05) is 25.4 Å². The summed E-state index contributed by atoms with van der Waals surface area (Å²) in [7, 11) is 0. The van der Waals surface area contributed by atoms with Gasteiger partial charge in [-0.1, -0.05) is 24.4 Å². The summed E-state index contributed by atoms with van der Waals surface area (Å²) in [5, 5.41) is 4.20. The van der Waals surface area contributed by atoms with Gasteiger partial charge in [-0.25, -0.2) is 0 Å². The Hall–Kier alpha value is -1.58. The third-order valence-electron chi connectivity index (χ3n) is 4.06. The molecule has 0 amide bonds. The van der Waals surface area contributed by atoms with Gasteiger partial charge in [0.2, 0.25) is 0 Å². The van der Waals surface area contributed by atoms with Crippen LogP contribution >= 0.6 is 0 Å². The highest BCUT2D eigenvalue weighted by atomic mass is 16.7. The van der Waals surface area contributed by atoms with Gasteiger partial charge in [-0.2, -0.15) is 0 Å². The van der Waals surface area contributed by atoms with Crippen LogP contribution in [-0.4, -0.2) is 29.0 Å². The predicted molar refractivity (Wildman–Crippen MR) is 74.6 cm³/mol. The molecule has 4 nitrogen and oxygen atoms in total. The van der Waals surface area contributed by atoms with E-state index in [1.165, 1.54) is 37.7 Å². The molecule has 2 aliphatic rings. The normalized spacial score (nSPS) is 20.2. The summed E-state index contributed by atoms with van der Waals surface area (Å²) in [5.74, 6) is 1.88. The van der Waals surface area contributed by atoms with Gasteiger partial charge < -0.3 is 9.74 Å². The Morgan fingerprint density at radius 2 is 1.95 bits per heavy atom. The number of rotatable bonds is 4. The molecule has 0 aromatic carbocycles. The monoisotopic (exact) mass is 259 g/mol. The zero-order valence-corrected chi connectivity index (χ0v) is 11.3. The third kappa shape index (κ3) is 3.25. The minimum atomic E-state index is 0.622. The minimum absolute atomic E-state index is 0.622. The van der Waals surface area contributed by atoms with E-state index in [1.54, 1.807) is 0 Å². The summed E-state index contributed by atoms with van der Waals surface area (Å²) >= 11 is 0. The first kappa shape index (κ1) is 12.5. The lowest BCUT2D eigenvalue weighted by Crippen LogP contribution is -2.34. The lowest BCUT2D eigenvalue weighted by molar-refractivity contribution is 0.0982. The quantitative estimate of drug-likeness (QED) is 0.834. The van der Waals surface area contributed by atoms with Gasteiger partial charge in [-0.3, -0.25) is 4.98 Å². The number of hydrogen-bond acceptors (Lipinski definition) is 4. The number of pyridine rings is 1. The number of hydrogen-bond donors (Lipinski definition) is 0. The smallest absolute Gasteiger partial charge is 0.190 e. The summed E-state index contributed by atoms with van der Waals surface area (Å²) < 4.78 is 0. The van der Waals surface area contributed by atoms with E-state index < -0.39 is 0 Å². The molecule has 1 aromatic rings. The molecule has 19 heavy (non-hydrogen) atoms. The molecule has 0 unspecified atom stereocenters. The molecular weight excluding hydrogens is 238 g/mol. The minimum Gasteiger partial charge on any atom is -0.372 e. The SMILES string of the molecule is c1cc(CC2=NOCN2CC2CCCCC2)ccn1. The van der Waals surface area contributed by atoms with E-state index in [1.807, 2.05) is 24.5 Å². The molecule has 4 heteroatoms. The molecule has 3 rings (SSSR count). The Labute approximate surface area is 114 Å². The molecule has 0 N–H and O–H groups in total. The second-order valence-electron chi connectivity index (χ2n) is 5.52. The van der Waals surface area contributed by atoms with Gasteiger partial charge in [-0.05, 0) is 36.5 Å². The van der Waals surface area contributed by atoms with E-state index in [0.717, 1.165) is 24.7 Å². The highest BCUT2D eigenvalue weighted by molar-refractivity contribution is 5.84. The van der Waals surface area contributed by atoms with E-state index >= 15 is 0 Å². The van der Waals surface area contributed by atoms with Crippen molar-refractivity contribution >= 4 is 5.84 Å². The predicted octanol–water partition coefficient (Wildman–Crippen LogP) is 2.81. The van der Waals surface area contributed by atoms with E-state index in [2.05, 4.69) is 15.0 Å². The van der Waals surface area contributed by atoms with Crippen molar-refractivity contribution in [2.75, 3.05) is 13.3 Å². The first-order valence-corrected chi connectivity index (χ1v) is 7.24. The molecule has 0 saturated heterocycles. The molecule has 0 spiro atoms. The third-order valence-corrected chi connectivity index (χ3v) is 4.06. The van der Waals surface area contributed by atoms with Gasteiger partial charge in [0.25, 0.3) is 0 Å². The Kier molecular flexibility index (Phi) is 3.96. The maximum absolute atomic E-state index is 5.28. The molecule has 1 aliphatic carbocycles. The van der Waals surface area contributed by atoms with Crippen LogP contribution in [0.3, 0.4) is 0 Å². The number of aromatic nitrogens is 1. The Morgan fingerprint density at radius 3 is 2.74 bits per heavy atom. The fourth-order valence-electron chi connectivity index (χ4n) is 2.97. The number of nitrogens with zero attached hydrogens (tertiary/aromatic N) is 3. The summed E-state index contributed by atoms with van der Waals surface area (Å²) in [4.78, 5) is 11.6. The van der Waals surface area contributed by atoms with Crippen LogP contribution in [0.15, 0.2) is 29.7 Å². The van der Waals surface area contributed by atoms with Crippen molar-refractivity contribution in [1.82, 2.24) is 9.88 Å². The van der Waals surface area contributed by atoms with Gasteiger partial charge in [-0.15, -0.1) is 0 Å². The van der Waals surface area contributed by atoms with Crippen LogP contribution in [0.2, 0.25) is 0 Å². The maximum atomic E-state index is 5.28. The van der Waals surface area contributed by atoms with Gasteiger partial charge in [0.1, 0.15) is 0 Å². The lowest BCUT2D eigenvalue weighted by Gasteiger charge is -2.27. The summed E-state index contributed by atoms with van der Waals surface area (Å²) in [6.45, 7) is 1.72. The molecule has 1 aromatic heterocycles. The summed E-state index contributed by atoms with van der Waals surface area (Å²) in [5.41, 5.74) is 1.24. The molecule has 1 fully saturated rings. The van der Waals surface area contributed by atoms with Gasteiger partial charge in [0.15, 0.2) is 12.6 Å². The van der Waals surface area contributed by atoms with Crippen LogP contribution in [0.1, 0.15) is 37.7 Å². The van der Waals surface area contributed by atoms with Crippen molar-refractivity contribution in [3.63, 3.8) is 0 Å². The molecule has 0 bridgehead atoms. The highest BCUT2D eigenvalue weighted by Crippen LogP contribution is 2.25. The van der Waals surface area contributed by atoms with Crippen LogP contribution in [0, 0.1) is 5.92 Å². The van der Waals surface area contributed by atoms with E-state index in [4.69, 9.17) is 4.84 Å². The fourth-order valence-corrected chi connectivity index (χ4v) is 2.97. The molecule has 0 radical (unpaired) electrons.